The molecule has 0 bridgehead atoms. The summed E-state index contributed by atoms with van der Waals surface area (Å²) in [5, 5.41) is 22.5. The number of rotatable bonds is 7. The van der Waals surface area contributed by atoms with Crippen LogP contribution < -0.4 is 5.32 Å². The molecule has 1 unspecified atom stereocenters. The molecule has 0 saturated heterocycles. The molecule has 0 amide bonds. The second kappa shape index (κ2) is 6.58. The molecular weight excluding hydrogens is 236 g/mol. The number of nitro groups is 1. The van der Waals surface area contributed by atoms with Crippen LogP contribution in [0, 0.1) is 16.0 Å². The zero-order valence-corrected chi connectivity index (χ0v) is 10.1. The molecule has 0 heterocycles. The predicted molar refractivity (Wildman–Crippen MR) is 67.6 cm³/mol. The van der Waals surface area contributed by atoms with Crippen LogP contribution in [0.4, 0.5) is 11.4 Å². The van der Waals surface area contributed by atoms with Gasteiger partial charge in [0.15, 0.2) is 0 Å². The number of nitrogens with one attached hydrogen (secondary N) is 1. The second-order valence-electron chi connectivity index (χ2n) is 4.03. The quantitative estimate of drug-likeness (QED) is 0.574. The number of benzene rings is 1. The highest BCUT2D eigenvalue weighted by atomic mass is 16.6. The number of nitrogens with zero attached hydrogens (tertiary/aromatic N) is 1. The summed E-state index contributed by atoms with van der Waals surface area (Å²) in [6.07, 6.45) is 0.768. The van der Waals surface area contributed by atoms with Crippen molar-refractivity contribution >= 4 is 17.3 Å². The largest absolute Gasteiger partial charge is 0.481 e. The molecule has 1 aromatic rings. The summed E-state index contributed by atoms with van der Waals surface area (Å²) < 4.78 is 0. The lowest BCUT2D eigenvalue weighted by Gasteiger charge is -2.14. The lowest BCUT2D eigenvalue weighted by atomic mass is 10.0. The molecule has 1 rings (SSSR count). The van der Waals surface area contributed by atoms with E-state index >= 15 is 0 Å². The molecule has 0 fully saturated rings. The van der Waals surface area contributed by atoms with Crippen molar-refractivity contribution in [2.45, 2.75) is 19.8 Å². The van der Waals surface area contributed by atoms with Gasteiger partial charge in [0, 0.05) is 19.0 Å². The summed E-state index contributed by atoms with van der Waals surface area (Å²) in [5.74, 6) is -0.895. The SMILES string of the molecule is CCC(CNc1ccccc1[N+](=O)[O-])CC(=O)O. The lowest BCUT2D eigenvalue weighted by molar-refractivity contribution is -0.384. The molecular formula is C12H16N2O4. The van der Waals surface area contributed by atoms with E-state index in [1.165, 1.54) is 6.07 Å². The van der Waals surface area contributed by atoms with E-state index in [-0.39, 0.29) is 18.0 Å². The molecule has 0 aromatic heterocycles. The zero-order valence-electron chi connectivity index (χ0n) is 10.1. The minimum absolute atomic E-state index is 0.00248. The van der Waals surface area contributed by atoms with Gasteiger partial charge in [0.1, 0.15) is 5.69 Å². The summed E-state index contributed by atoms with van der Waals surface area (Å²) >= 11 is 0. The van der Waals surface area contributed by atoms with Gasteiger partial charge in [-0.2, -0.15) is 0 Å². The number of carbonyl (C=O) groups is 1. The maximum Gasteiger partial charge on any atom is 0.303 e. The topological polar surface area (TPSA) is 92.5 Å². The van der Waals surface area contributed by atoms with Crippen LogP contribution >= 0.6 is 0 Å². The zero-order chi connectivity index (χ0) is 13.5. The Hall–Kier alpha value is -2.11. The number of hydrogen-bond acceptors (Lipinski definition) is 4. The minimum atomic E-state index is -0.855. The minimum Gasteiger partial charge on any atom is -0.481 e. The van der Waals surface area contributed by atoms with Gasteiger partial charge >= 0.3 is 5.97 Å². The van der Waals surface area contributed by atoms with Crippen LogP contribution in [-0.2, 0) is 4.79 Å². The number of aliphatic carboxylic acids is 1. The first-order valence-corrected chi connectivity index (χ1v) is 5.73. The summed E-state index contributed by atoms with van der Waals surface area (Å²) in [5.41, 5.74) is 0.425. The van der Waals surface area contributed by atoms with Gasteiger partial charge in [-0.1, -0.05) is 25.5 Å². The molecule has 6 nitrogen and oxygen atoms in total. The molecule has 0 aliphatic heterocycles. The average Bonchev–Trinajstić information content (AvgIpc) is 2.34. The van der Waals surface area contributed by atoms with Gasteiger partial charge in [-0.15, -0.1) is 0 Å². The standard InChI is InChI=1S/C12H16N2O4/c1-2-9(7-12(15)16)8-13-10-5-3-4-6-11(10)14(17)18/h3-6,9,13H,2,7-8H2,1H3,(H,15,16). The molecule has 0 saturated carbocycles. The maximum absolute atomic E-state index is 10.8. The van der Waals surface area contributed by atoms with E-state index in [1.54, 1.807) is 18.2 Å². The van der Waals surface area contributed by atoms with Crippen LogP contribution in [0.3, 0.4) is 0 Å². The number of carboxylic acid groups (broad SMARTS) is 1. The Morgan fingerprint density at radius 1 is 1.50 bits per heavy atom. The molecule has 98 valence electrons. The second-order valence-corrected chi connectivity index (χ2v) is 4.03. The first kappa shape index (κ1) is 14.0. The highest BCUT2D eigenvalue weighted by Crippen LogP contribution is 2.23. The fourth-order valence-electron chi connectivity index (χ4n) is 1.64. The van der Waals surface area contributed by atoms with Crippen LogP contribution in [0.5, 0.6) is 0 Å². The van der Waals surface area contributed by atoms with Crippen molar-refractivity contribution < 1.29 is 14.8 Å². The molecule has 0 aliphatic carbocycles. The molecule has 18 heavy (non-hydrogen) atoms. The smallest absolute Gasteiger partial charge is 0.303 e. The summed E-state index contributed by atoms with van der Waals surface area (Å²) in [6.45, 7) is 2.31. The maximum atomic E-state index is 10.8. The number of hydrogen-bond donors (Lipinski definition) is 2. The summed E-state index contributed by atoms with van der Waals surface area (Å²) in [4.78, 5) is 20.9. The Bertz CT molecular complexity index is 434. The Morgan fingerprint density at radius 2 is 2.17 bits per heavy atom. The van der Waals surface area contributed by atoms with Gasteiger partial charge in [0.05, 0.1) is 4.92 Å². The Balaban J connectivity index is 2.67. The third-order valence-corrected chi connectivity index (χ3v) is 2.72. The van der Waals surface area contributed by atoms with Crippen molar-refractivity contribution in [3.63, 3.8) is 0 Å². The van der Waals surface area contributed by atoms with Crippen LogP contribution in [-0.4, -0.2) is 22.5 Å². The Kier molecular flexibility index (Phi) is 5.10. The molecule has 0 aliphatic rings. The highest BCUT2D eigenvalue weighted by molar-refractivity contribution is 5.67. The third-order valence-electron chi connectivity index (χ3n) is 2.72. The van der Waals surface area contributed by atoms with Gasteiger partial charge in [-0.3, -0.25) is 14.9 Å². The molecule has 1 atom stereocenters. The van der Waals surface area contributed by atoms with E-state index in [4.69, 9.17) is 5.11 Å². The fourth-order valence-corrected chi connectivity index (χ4v) is 1.64. The summed E-state index contributed by atoms with van der Waals surface area (Å²) in [6, 6.07) is 6.33. The van der Waals surface area contributed by atoms with E-state index in [2.05, 4.69) is 5.32 Å². The molecule has 6 heteroatoms. The van der Waals surface area contributed by atoms with Crippen molar-refractivity contribution in [1.29, 1.82) is 0 Å². The summed E-state index contributed by atoms with van der Waals surface area (Å²) in [7, 11) is 0. The average molecular weight is 252 g/mol. The van der Waals surface area contributed by atoms with E-state index in [0.29, 0.717) is 18.7 Å². The van der Waals surface area contributed by atoms with E-state index in [9.17, 15) is 14.9 Å². The Morgan fingerprint density at radius 3 is 2.72 bits per heavy atom. The highest BCUT2D eigenvalue weighted by Gasteiger charge is 2.15. The van der Waals surface area contributed by atoms with Gasteiger partial charge in [0.25, 0.3) is 5.69 Å². The van der Waals surface area contributed by atoms with Gasteiger partial charge in [-0.05, 0) is 12.0 Å². The van der Waals surface area contributed by atoms with Crippen molar-refractivity contribution in [3.05, 3.63) is 34.4 Å². The lowest BCUT2D eigenvalue weighted by Crippen LogP contribution is -2.17. The van der Waals surface area contributed by atoms with Crippen LogP contribution in [0.2, 0.25) is 0 Å². The van der Waals surface area contributed by atoms with Crippen LogP contribution in [0.1, 0.15) is 19.8 Å². The first-order chi connectivity index (χ1) is 8.54. The Labute approximate surface area is 105 Å². The number of nitro benzene ring substituents is 1. The van der Waals surface area contributed by atoms with Crippen LogP contribution in [0.15, 0.2) is 24.3 Å². The predicted octanol–water partition coefficient (Wildman–Crippen LogP) is 2.51. The van der Waals surface area contributed by atoms with E-state index in [0.717, 1.165) is 0 Å². The van der Waals surface area contributed by atoms with Crippen molar-refractivity contribution in [1.82, 2.24) is 0 Å². The molecule has 0 radical (unpaired) electrons. The first-order valence-electron chi connectivity index (χ1n) is 5.73. The number of anilines is 1. The van der Waals surface area contributed by atoms with Gasteiger partial charge in [0.2, 0.25) is 0 Å². The van der Waals surface area contributed by atoms with Gasteiger partial charge < -0.3 is 10.4 Å². The van der Waals surface area contributed by atoms with Crippen molar-refractivity contribution in [2.24, 2.45) is 5.92 Å². The molecule has 0 spiro atoms. The fraction of sp³-hybridized carbons (Fsp3) is 0.417. The van der Waals surface area contributed by atoms with Gasteiger partial charge in [-0.25, -0.2) is 0 Å². The van der Waals surface area contributed by atoms with Crippen LogP contribution in [0.25, 0.3) is 0 Å². The third kappa shape index (κ3) is 4.04. The normalized spacial score (nSPS) is 11.8. The molecule has 2 N–H and O–H groups in total. The van der Waals surface area contributed by atoms with E-state index < -0.39 is 10.9 Å². The monoisotopic (exact) mass is 252 g/mol. The van der Waals surface area contributed by atoms with Crippen molar-refractivity contribution in [3.8, 4) is 0 Å². The number of carboxylic acids is 1. The number of para-hydroxylation sites is 2. The molecule has 1 aromatic carbocycles. The van der Waals surface area contributed by atoms with E-state index in [1.807, 2.05) is 6.92 Å². The van der Waals surface area contributed by atoms with Crippen molar-refractivity contribution in [2.75, 3.05) is 11.9 Å².